The third-order valence-corrected chi connectivity index (χ3v) is 32.2. The van der Waals surface area contributed by atoms with Gasteiger partial charge in [-0.2, -0.15) is 21.5 Å². The number of amides is 3. The molecule has 0 spiro atoms. The molecule has 15 rings (SSSR count). The molecule has 41 nitrogen and oxygen atoms in total. The van der Waals surface area contributed by atoms with Crippen LogP contribution in [0.2, 0.25) is 0 Å². The predicted octanol–water partition coefficient (Wildman–Crippen LogP) is 7.22. The third kappa shape index (κ3) is 24.7. The normalized spacial score (nSPS) is 21.4. The molecule has 0 aliphatic carbocycles. The van der Waals surface area contributed by atoms with Crippen molar-refractivity contribution in [2.24, 2.45) is 0 Å². The molecule has 6 saturated heterocycles. The van der Waals surface area contributed by atoms with Gasteiger partial charge in [-0.15, -0.1) is 12.4 Å². The number of halogens is 2. The lowest BCUT2D eigenvalue weighted by Gasteiger charge is -2.26. The van der Waals surface area contributed by atoms with E-state index in [1.807, 2.05) is 0 Å². The molecule has 49 heteroatoms. The average molecular weight is 1970 g/mol. The number of ether oxygens (including phenoxy) is 5. The number of methoxy groups -OCH3 is 3. The van der Waals surface area contributed by atoms with E-state index < -0.39 is 155 Å². The van der Waals surface area contributed by atoms with Crippen molar-refractivity contribution < 1.29 is 122 Å². The second kappa shape index (κ2) is 43.8. The topological polar surface area (TPSA) is 547 Å². The van der Waals surface area contributed by atoms with Crippen LogP contribution in [0.1, 0.15) is 119 Å². The minimum absolute atomic E-state index is 0. The summed E-state index contributed by atoms with van der Waals surface area (Å²) >= 11 is 0. The van der Waals surface area contributed by atoms with Gasteiger partial charge in [0.2, 0.25) is 57.8 Å². The molecule has 710 valence electrons. The maximum atomic E-state index is 13.0. The standard InChI is InChI=1S/2C17H22N2O5S.C12H14N2O6S.C12H16N2O4S.C11H12N2O3S.C6H4ClNO4S.C6H11NO2.ClH/c2*1-17(2,3)24-15(20)11-18-12-7-4-5-9-14(12)25(22,23)19-10-6-8-13(19)16(18)21;1-20-12(15)10-6-4-8-13(10)21(18,19)11-7-3-2-5-9(11)14(16)17;1-18-12(15)10-6-4-8-14(10)19(16,17)11-7-3-2-5-9(11)13;14-11-9-5-3-7-13(9)17(15,16)10-6-2-1-4-8(10)12-11;7-13(11,12)6-4-2-1-3-5(6)8(9)10;1-9-6(8)5-3-2-4-7-5;/h2*4-5,7,9,13H,6,8,10-11H2,1-3H3;2-3,5,7,10H,4,6,8H2,1H3;2-3,5,7,10H,4,6,8,13H2,1H3;1-2,4,6,9H,3,5,7H2,(H,12,14);1-4H;5,7H,2-4H2,1H3;1H/t2*13-;2*10-;9-;;5-;/m00000.0./s1. The molecular formula is C81H102Cl2N12O29S6. The number of nitro benzene ring substituents is 2. The molecule has 130 heavy (non-hydrogen) atoms. The zero-order valence-electron chi connectivity index (χ0n) is 72.1. The number of carbonyl (C=O) groups is 8. The predicted molar refractivity (Wildman–Crippen MR) is 473 cm³/mol. The molecule has 6 atom stereocenters. The summed E-state index contributed by atoms with van der Waals surface area (Å²) in [5, 5.41) is 27.1. The number of nitrogen functional groups attached to an aromatic ring is 1. The van der Waals surface area contributed by atoms with Crippen molar-refractivity contribution in [1.82, 2.24) is 26.8 Å². The first-order valence-electron chi connectivity index (χ1n) is 40.4. The lowest BCUT2D eigenvalue weighted by molar-refractivity contribution is -0.388. The van der Waals surface area contributed by atoms with Crippen LogP contribution >= 0.6 is 23.1 Å². The molecular weight excluding hydrogens is 1870 g/mol. The molecule has 6 aromatic carbocycles. The summed E-state index contributed by atoms with van der Waals surface area (Å²) < 4.78 is 179. The van der Waals surface area contributed by atoms with E-state index in [-0.39, 0.29) is 98.4 Å². The molecule has 3 amide bonds. The number of hydrogen-bond donors (Lipinski definition) is 3. The number of para-hydroxylation sites is 6. The van der Waals surface area contributed by atoms with Crippen molar-refractivity contribution in [2.75, 3.05) is 94.5 Å². The Bertz CT molecular complexity index is 5830. The van der Waals surface area contributed by atoms with Crippen LogP contribution in [0.3, 0.4) is 0 Å². The van der Waals surface area contributed by atoms with Crippen LogP contribution in [-0.4, -0.2) is 251 Å². The van der Waals surface area contributed by atoms with Crippen molar-refractivity contribution in [2.45, 2.75) is 195 Å². The van der Waals surface area contributed by atoms with E-state index in [9.17, 15) is 109 Å². The van der Waals surface area contributed by atoms with E-state index in [0.29, 0.717) is 89.7 Å². The van der Waals surface area contributed by atoms with Crippen molar-refractivity contribution in [3.63, 3.8) is 0 Å². The van der Waals surface area contributed by atoms with Crippen molar-refractivity contribution in [1.29, 1.82) is 0 Å². The summed E-state index contributed by atoms with van der Waals surface area (Å²) in [5.41, 5.74) is 4.34. The number of rotatable bonds is 14. The first-order valence-corrected chi connectivity index (χ1v) is 49.9. The van der Waals surface area contributed by atoms with Crippen LogP contribution in [0.5, 0.6) is 0 Å². The van der Waals surface area contributed by atoms with Gasteiger partial charge in [0.05, 0.1) is 53.9 Å². The minimum atomic E-state index is -4.13. The molecule has 0 saturated carbocycles. The molecule has 9 aliphatic rings. The Morgan fingerprint density at radius 3 is 1.22 bits per heavy atom. The quantitative estimate of drug-likeness (QED) is 0.0242. The fraction of sp³-hybridized carbons (Fsp3) is 0.457. The molecule has 4 N–H and O–H groups in total. The molecule has 6 fully saturated rings. The maximum Gasteiger partial charge on any atom is 0.326 e. The Kier molecular flexibility index (Phi) is 35.4. The van der Waals surface area contributed by atoms with E-state index in [2.05, 4.69) is 24.8 Å². The fourth-order valence-electron chi connectivity index (χ4n) is 15.4. The summed E-state index contributed by atoms with van der Waals surface area (Å²) in [7, 11) is -14.2. The first kappa shape index (κ1) is 105. The van der Waals surface area contributed by atoms with Gasteiger partial charge in [0.25, 0.3) is 30.4 Å². The average Bonchev–Trinajstić information content (AvgIpc) is 1.57. The van der Waals surface area contributed by atoms with Crippen LogP contribution in [0.25, 0.3) is 0 Å². The second-order valence-corrected chi connectivity index (χ2v) is 43.8. The van der Waals surface area contributed by atoms with Gasteiger partial charge in [0.1, 0.15) is 80.1 Å². The van der Waals surface area contributed by atoms with E-state index in [0.717, 1.165) is 48.3 Å². The molecule has 0 bridgehead atoms. The summed E-state index contributed by atoms with van der Waals surface area (Å²) in [6, 6.07) is 31.5. The summed E-state index contributed by atoms with van der Waals surface area (Å²) in [6.07, 6.45) is 7.44. The Morgan fingerprint density at radius 2 is 0.823 bits per heavy atom. The number of nitro groups is 2. The van der Waals surface area contributed by atoms with Crippen LogP contribution in [-0.2, 0) is 121 Å². The van der Waals surface area contributed by atoms with Gasteiger partial charge < -0.3 is 40.1 Å². The number of hydrogen-bond acceptors (Lipinski definition) is 31. The highest BCUT2D eigenvalue weighted by atomic mass is 35.7. The Balaban J connectivity index is 0.000000190. The zero-order chi connectivity index (χ0) is 95.3. The first-order chi connectivity index (χ1) is 60.5. The third-order valence-electron chi connectivity index (χ3n) is 21.0. The van der Waals surface area contributed by atoms with Gasteiger partial charge in [-0.1, -0.05) is 72.8 Å². The number of sulfonamides is 5. The lowest BCUT2D eigenvalue weighted by Crippen LogP contribution is -2.47. The van der Waals surface area contributed by atoms with Gasteiger partial charge in [0, 0.05) is 55.5 Å². The zero-order valence-corrected chi connectivity index (χ0v) is 78.6. The largest absolute Gasteiger partial charge is 0.468 e. The van der Waals surface area contributed by atoms with Crippen molar-refractivity contribution in [3.8, 4) is 0 Å². The summed E-state index contributed by atoms with van der Waals surface area (Å²) in [4.78, 5) is 118. The second-order valence-electron chi connectivity index (χ2n) is 32.0. The van der Waals surface area contributed by atoms with Gasteiger partial charge >= 0.3 is 29.8 Å². The van der Waals surface area contributed by atoms with Crippen LogP contribution in [0.4, 0.5) is 34.1 Å². The molecule has 9 aliphatic heterocycles. The van der Waals surface area contributed by atoms with Gasteiger partial charge in [-0.25, -0.2) is 50.5 Å². The maximum absolute atomic E-state index is 13.0. The van der Waals surface area contributed by atoms with Gasteiger partial charge in [0.15, 0.2) is 9.79 Å². The highest BCUT2D eigenvalue weighted by Crippen LogP contribution is 2.41. The highest BCUT2D eigenvalue weighted by Gasteiger charge is 2.51. The number of nitrogens with zero attached hydrogens (tertiary/aromatic N) is 9. The monoisotopic (exact) mass is 1970 g/mol. The lowest BCUT2D eigenvalue weighted by atomic mass is 10.1. The summed E-state index contributed by atoms with van der Waals surface area (Å²) in [6.45, 7) is 12.3. The molecule has 0 unspecified atom stereocenters. The molecule has 9 heterocycles. The van der Waals surface area contributed by atoms with Crippen LogP contribution in [0, 0.1) is 20.2 Å². The highest BCUT2D eigenvalue weighted by molar-refractivity contribution is 8.13. The van der Waals surface area contributed by atoms with E-state index in [1.165, 1.54) is 109 Å². The van der Waals surface area contributed by atoms with E-state index in [4.69, 9.17) is 25.9 Å². The summed E-state index contributed by atoms with van der Waals surface area (Å²) in [5.74, 6) is -3.44. The van der Waals surface area contributed by atoms with E-state index in [1.54, 1.807) is 108 Å². The number of fused-ring (bicyclic) bond motifs is 6. The molecule has 0 radical (unpaired) electrons. The number of carbonyl (C=O) groups excluding carboxylic acids is 8. The van der Waals surface area contributed by atoms with Crippen molar-refractivity contribution >= 4 is 164 Å². The number of nitrogens with one attached hydrogen (secondary N) is 2. The smallest absolute Gasteiger partial charge is 0.326 e. The Morgan fingerprint density at radius 1 is 0.469 bits per heavy atom. The SMILES string of the molecule is CC(C)(C)OC(=O)CN1C(=O)[C@@H]2CCCN2S(=O)(=O)c2ccccc21.CC(C)(C)OC(=O)CN1C(=O)[C@@H]2CCCN2S(=O)(=O)c2ccccc21.COC(=O)[C@@H]1CCCN1.COC(=O)[C@@H]1CCCN1S(=O)(=O)c1ccccc1N.COC(=O)[C@@H]1CCCN1S(=O)(=O)c1ccccc1[N+](=O)[O-].Cl.O=C1Nc2ccccc2S(=O)(=O)N2CCC[C@@H]12.O=[N+]([O-])c1ccccc1S(=O)(=O)Cl. The molecule has 0 aromatic heterocycles. The number of nitrogens with two attached hydrogens (primary N) is 1. The van der Waals surface area contributed by atoms with Gasteiger partial charge in [-0.05, 0) is 186 Å². The minimum Gasteiger partial charge on any atom is -0.468 e. The Labute approximate surface area is 763 Å². The van der Waals surface area contributed by atoms with Crippen molar-refractivity contribution in [3.05, 3.63) is 166 Å². The number of esters is 5. The number of benzene rings is 6. The number of anilines is 4. The fourth-order valence-corrected chi connectivity index (χ4v) is 25.5. The van der Waals surface area contributed by atoms with Crippen LogP contribution < -0.4 is 26.2 Å². The molecule has 6 aromatic rings. The van der Waals surface area contributed by atoms with E-state index >= 15 is 0 Å². The van der Waals surface area contributed by atoms with Crippen LogP contribution in [0.15, 0.2) is 175 Å². The van der Waals surface area contributed by atoms with Gasteiger partial charge in [-0.3, -0.25) is 68.4 Å². The Hall–Kier alpha value is -10.3.